The van der Waals surface area contributed by atoms with Crippen LogP contribution in [0.1, 0.15) is 35.1 Å². The van der Waals surface area contributed by atoms with Gasteiger partial charge < -0.3 is 47.7 Å². The number of hydrogen-bond donors (Lipinski definition) is 0. The highest BCUT2D eigenvalue weighted by atomic mass is 16.5. The normalized spacial score (nSPS) is 13.3. The van der Waals surface area contributed by atoms with Crippen LogP contribution in [0.2, 0.25) is 0 Å². The van der Waals surface area contributed by atoms with E-state index in [9.17, 15) is 21.0 Å². The van der Waals surface area contributed by atoms with Crippen LogP contribution < -0.4 is 38.5 Å². The van der Waals surface area contributed by atoms with E-state index in [2.05, 4.69) is 186 Å². The zero-order valence-electron chi connectivity index (χ0n) is 60.7. The van der Waals surface area contributed by atoms with Gasteiger partial charge in [0.2, 0.25) is 0 Å². The van der Waals surface area contributed by atoms with Crippen molar-refractivity contribution in [2.24, 2.45) is 0 Å². The lowest BCUT2D eigenvalue weighted by Crippen LogP contribution is -2.25. The summed E-state index contributed by atoms with van der Waals surface area (Å²) in [6, 6.07) is 116. The molecule has 17 aromatic rings. The van der Waals surface area contributed by atoms with Gasteiger partial charge in [-0.15, -0.1) is 0 Å². The highest BCUT2D eigenvalue weighted by Gasteiger charge is 2.37. The fourth-order valence-electron chi connectivity index (χ4n) is 17.5. The third kappa shape index (κ3) is 9.96. The van der Waals surface area contributed by atoms with E-state index in [4.69, 9.17) is 18.9 Å². The lowest BCUT2D eigenvalue weighted by Gasteiger charge is -2.35. The zero-order chi connectivity index (χ0) is 75.8. The van der Waals surface area contributed by atoms with Crippen LogP contribution >= 0.6 is 0 Å². The third-order valence-corrected chi connectivity index (χ3v) is 22.4. The highest BCUT2D eigenvalue weighted by Crippen LogP contribution is 2.59. The van der Waals surface area contributed by atoms with Gasteiger partial charge in [-0.05, 0) is 230 Å². The van der Waals surface area contributed by atoms with E-state index in [1.165, 1.54) is 0 Å². The van der Waals surface area contributed by atoms with E-state index < -0.39 is 0 Å². The van der Waals surface area contributed by atoms with Crippen molar-refractivity contribution in [2.75, 3.05) is 19.6 Å². The fourth-order valence-corrected chi connectivity index (χ4v) is 17.5. The zero-order valence-corrected chi connectivity index (χ0v) is 60.7. The standard InChI is InChI=1S/C100H58N10O4/c101-57-61-33-39-64(40-34-61)96-75(60-104)97(65-41-35-62(58-102)36-42-65)100(110-78-51-47-69(107-84-21-5-13-29-92(84)113-93-30-14-6-22-85(93)107)55-73(78)74-56-70(48-52-79(74)110)108-86-23-7-15-31-94(86)114-95-32-16-8-24-87(95)108)98(66-43-37-63(59-103)38-44-66)99(96)109-76-49-45-67(105-80-17-1-9-25-88(80)111-89-26-10-2-18-81(89)105)53-71(76)72-54-68(46-50-77(72)109)106-82-19-3-11-27-90(82)112-91-28-12-4-20-83(91)106/h1-7,9-23,25-56H,8,24H2. The van der Waals surface area contributed by atoms with E-state index in [0.717, 1.165) is 142 Å². The van der Waals surface area contributed by atoms with Crippen molar-refractivity contribution >= 4 is 106 Å². The lowest BCUT2D eigenvalue weighted by atomic mass is 9.83. The molecule has 5 aliphatic rings. The topological polar surface area (TPSA) is 155 Å². The molecule has 6 heterocycles. The SMILES string of the molecule is N#Cc1ccc(-c2c(C#N)c(-c3ccc(C#N)cc3)c(-n3c4ccc(N5c6ccccc6Oc6ccccc65)cc4c4cc(N5c6ccccc6Oc6ccccc65)ccc43)c(-c3ccc(C#N)cc3)c2-n2c3ccc(N4C5=C(C=CCC5)Oc5ccccc54)cc3c3cc(N4c5ccccc5Oc5ccccc54)ccc32)cc1. The molecule has 0 fully saturated rings. The second-order valence-electron chi connectivity index (χ2n) is 28.6. The molecular formula is C100H58N10O4. The molecule has 2 aromatic heterocycles. The molecule has 0 saturated carbocycles. The molecule has 532 valence electrons. The molecule has 14 heteroatoms. The maximum Gasteiger partial charge on any atom is 0.151 e. The van der Waals surface area contributed by atoms with Crippen LogP contribution in [0.25, 0.3) is 88.4 Å². The minimum Gasteiger partial charge on any atom is -0.453 e. The molecule has 114 heavy (non-hydrogen) atoms. The van der Waals surface area contributed by atoms with E-state index in [1.54, 1.807) is 12.1 Å². The Kier molecular flexibility index (Phi) is 14.6. The maximum atomic E-state index is 13.0. The average molecular weight is 1460 g/mol. The van der Waals surface area contributed by atoms with Gasteiger partial charge >= 0.3 is 0 Å². The number of anilines is 11. The van der Waals surface area contributed by atoms with E-state index >= 15 is 0 Å². The van der Waals surface area contributed by atoms with Crippen molar-refractivity contribution in [2.45, 2.75) is 12.8 Å². The molecular weight excluding hydrogens is 1410 g/mol. The Morgan fingerprint density at radius 1 is 0.272 bits per heavy atom. The Balaban J connectivity index is 0.914. The van der Waals surface area contributed by atoms with Crippen molar-refractivity contribution in [3.63, 3.8) is 0 Å². The molecule has 0 amide bonds. The van der Waals surface area contributed by atoms with Gasteiger partial charge in [0, 0.05) is 61.0 Å². The van der Waals surface area contributed by atoms with Crippen LogP contribution in [0.5, 0.6) is 40.2 Å². The largest absolute Gasteiger partial charge is 0.453 e. The summed E-state index contributed by atoms with van der Waals surface area (Å²) in [5.41, 5.74) is 20.7. The van der Waals surface area contributed by atoms with Crippen molar-refractivity contribution in [3.05, 3.63) is 361 Å². The van der Waals surface area contributed by atoms with Crippen LogP contribution in [-0.4, -0.2) is 9.13 Å². The van der Waals surface area contributed by atoms with E-state index in [-0.39, 0.29) is 0 Å². The number of rotatable bonds is 9. The molecule has 0 radical (unpaired) electrons. The molecule has 0 unspecified atom stereocenters. The lowest BCUT2D eigenvalue weighted by molar-refractivity contribution is 0.421. The van der Waals surface area contributed by atoms with Gasteiger partial charge in [-0.3, -0.25) is 0 Å². The summed E-state index contributed by atoms with van der Waals surface area (Å²) < 4.78 is 31.4. The van der Waals surface area contributed by atoms with Crippen molar-refractivity contribution < 1.29 is 18.9 Å². The van der Waals surface area contributed by atoms with Gasteiger partial charge in [0.1, 0.15) is 11.8 Å². The summed E-state index contributed by atoms with van der Waals surface area (Å²) in [4.78, 5) is 9.12. The summed E-state index contributed by atoms with van der Waals surface area (Å²) in [6.45, 7) is 0. The number of hydrogen-bond acceptors (Lipinski definition) is 12. The second kappa shape index (κ2) is 25.7. The summed E-state index contributed by atoms with van der Waals surface area (Å²) >= 11 is 0. The van der Waals surface area contributed by atoms with Crippen LogP contribution in [0.15, 0.2) is 339 Å². The highest BCUT2D eigenvalue weighted by molar-refractivity contribution is 6.18. The van der Waals surface area contributed by atoms with Crippen LogP contribution in [0.3, 0.4) is 0 Å². The number of para-hydroxylation sites is 14. The molecule has 0 bridgehead atoms. The first-order valence-corrected chi connectivity index (χ1v) is 37.6. The van der Waals surface area contributed by atoms with Gasteiger partial charge in [0.25, 0.3) is 0 Å². The summed E-state index contributed by atoms with van der Waals surface area (Å²) in [5, 5.41) is 48.7. The van der Waals surface area contributed by atoms with Crippen molar-refractivity contribution in [1.29, 1.82) is 21.0 Å². The minimum atomic E-state index is 0.317. The molecule has 0 N–H and O–H groups in total. The molecule has 0 atom stereocenters. The van der Waals surface area contributed by atoms with Gasteiger partial charge in [-0.2, -0.15) is 21.0 Å². The monoisotopic (exact) mass is 1460 g/mol. The Morgan fingerprint density at radius 2 is 0.553 bits per heavy atom. The number of ether oxygens (including phenoxy) is 4. The van der Waals surface area contributed by atoms with Crippen molar-refractivity contribution in [1.82, 2.24) is 9.13 Å². The number of nitriles is 4. The van der Waals surface area contributed by atoms with Gasteiger partial charge in [-0.25, -0.2) is 0 Å². The minimum absolute atomic E-state index is 0.317. The predicted molar refractivity (Wildman–Crippen MR) is 449 cm³/mol. The third-order valence-electron chi connectivity index (χ3n) is 22.4. The molecule has 0 spiro atoms. The molecule has 15 aromatic carbocycles. The Labute approximate surface area is 654 Å². The van der Waals surface area contributed by atoms with Gasteiger partial charge in [0.15, 0.2) is 40.2 Å². The summed E-state index contributed by atoms with van der Waals surface area (Å²) in [6.07, 6.45) is 5.81. The Morgan fingerprint density at radius 3 is 0.860 bits per heavy atom. The number of nitrogens with zero attached hydrogens (tertiary/aromatic N) is 10. The Hall–Kier alpha value is -16.3. The van der Waals surface area contributed by atoms with Gasteiger partial charge in [-0.1, -0.05) is 127 Å². The van der Waals surface area contributed by atoms with Crippen molar-refractivity contribution in [3.8, 4) is 109 Å². The number of aromatic nitrogens is 2. The van der Waals surface area contributed by atoms with Crippen LogP contribution in [0, 0.1) is 45.3 Å². The molecule has 4 aliphatic heterocycles. The first kappa shape index (κ1) is 64.9. The van der Waals surface area contributed by atoms with E-state index in [1.807, 2.05) is 182 Å². The second-order valence-corrected chi connectivity index (χ2v) is 28.6. The predicted octanol–water partition coefficient (Wildman–Crippen LogP) is 26.2. The van der Waals surface area contributed by atoms with Crippen LogP contribution in [-0.2, 0) is 0 Å². The molecule has 1 aliphatic carbocycles. The Bertz CT molecular complexity index is 6980. The molecule has 0 saturated heterocycles. The van der Waals surface area contributed by atoms with Gasteiger partial charge in [0.05, 0.1) is 119 Å². The van der Waals surface area contributed by atoms with E-state index in [0.29, 0.717) is 95.9 Å². The first-order valence-electron chi connectivity index (χ1n) is 37.6. The van der Waals surface area contributed by atoms with Crippen LogP contribution in [0.4, 0.5) is 62.6 Å². The number of benzene rings is 15. The molecule has 22 rings (SSSR count). The summed E-state index contributed by atoms with van der Waals surface area (Å²) in [5.74, 6) is 5.77. The number of fused-ring (bicyclic) bond motifs is 13. The summed E-state index contributed by atoms with van der Waals surface area (Å²) in [7, 11) is 0. The fraction of sp³-hybridized carbons (Fsp3) is 0.0200. The maximum absolute atomic E-state index is 13.0. The smallest absolute Gasteiger partial charge is 0.151 e. The first-order chi connectivity index (χ1) is 56.4. The number of allylic oxidation sites excluding steroid dienone is 3. The quantitative estimate of drug-likeness (QED) is 0.135. The molecule has 14 nitrogen and oxygen atoms in total. The average Bonchev–Trinajstić information content (AvgIpc) is 1.41.